The van der Waals surface area contributed by atoms with Gasteiger partial charge in [0.15, 0.2) is 0 Å². The van der Waals surface area contributed by atoms with Crippen molar-refractivity contribution in [1.29, 1.82) is 0 Å². The van der Waals surface area contributed by atoms with E-state index in [9.17, 15) is 19.8 Å². The average molecular weight is 1020 g/mol. The minimum atomic E-state index is -0.842. The summed E-state index contributed by atoms with van der Waals surface area (Å²) in [6.07, 6.45) is 80.4. The highest BCUT2D eigenvalue weighted by Crippen LogP contribution is 2.17. The molecular weight excluding hydrogens is 899 g/mol. The van der Waals surface area contributed by atoms with Gasteiger partial charge in [0.1, 0.15) is 0 Å². The van der Waals surface area contributed by atoms with E-state index in [4.69, 9.17) is 4.74 Å². The molecule has 0 aromatic carbocycles. The van der Waals surface area contributed by atoms with E-state index in [0.717, 1.165) is 51.4 Å². The first-order chi connectivity index (χ1) is 36.0. The highest BCUT2D eigenvalue weighted by atomic mass is 16.5. The van der Waals surface area contributed by atoms with Crippen molar-refractivity contribution >= 4 is 11.9 Å². The van der Waals surface area contributed by atoms with Crippen LogP contribution in [0.2, 0.25) is 0 Å². The molecule has 0 aliphatic heterocycles. The number of nitrogens with one attached hydrogen (secondary N) is 1. The quantitative estimate of drug-likeness (QED) is 0.0320. The van der Waals surface area contributed by atoms with E-state index >= 15 is 0 Å². The van der Waals surface area contributed by atoms with Crippen LogP contribution in [0.4, 0.5) is 0 Å². The van der Waals surface area contributed by atoms with Crippen molar-refractivity contribution in [3.05, 3.63) is 48.6 Å². The lowest BCUT2D eigenvalue weighted by Gasteiger charge is -2.20. The van der Waals surface area contributed by atoms with Crippen LogP contribution >= 0.6 is 0 Å². The summed E-state index contributed by atoms with van der Waals surface area (Å²) >= 11 is 0. The molecule has 1 amide bonds. The maximum Gasteiger partial charge on any atom is 0.305 e. The largest absolute Gasteiger partial charge is 0.466 e. The van der Waals surface area contributed by atoms with Gasteiger partial charge in [0.25, 0.3) is 0 Å². The third-order valence-corrected chi connectivity index (χ3v) is 14.8. The molecule has 3 N–H and O–H groups in total. The number of allylic oxidation sites excluding steroid dienone is 7. The van der Waals surface area contributed by atoms with Gasteiger partial charge in [-0.15, -0.1) is 0 Å². The van der Waals surface area contributed by atoms with Crippen molar-refractivity contribution < 1.29 is 24.5 Å². The maximum atomic E-state index is 12.4. The number of rotatable bonds is 60. The van der Waals surface area contributed by atoms with Crippen LogP contribution in [0, 0.1) is 0 Å². The Hall–Kier alpha value is -2.18. The summed E-state index contributed by atoms with van der Waals surface area (Å²) in [4.78, 5) is 24.5. The van der Waals surface area contributed by atoms with Gasteiger partial charge in [-0.25, -0.2) is 0 Å². The molecule has 2 unspecified atom stereocenters. The van der Waals surface area contributed by atoms with Crippen LogP contribution in [0.15, 0.2) is 48.6 Å². The van der Waals surface area contributed by atoms with Crippen LogP contribution in [-0.2, 0) is 14.3 Å². The third-order valence-electron chi connectivity index (χ3n) is 14.8. The van der Waals surface area contributed by atoms with Crippen LogP contribution in [0.3, 0.4) is 0 Å². The van der Waals surface area contributed by atoms with Crippen molar-refractivity contribution in [3.8, 4) is 0 Å². The Morgan fingerprint density at radius 1 is 0.384 bits per heavy atom. The molecule has 6 nitrogen and oxygen atoms in total. The standard InChI is InChI=1S/C67H125NO5/c1-3-5-7-9-11-13-14-15-16-17-32-35-38-41-45-49-53-57-61-67(72)73-62-58-54-50-46-42-39-36-33-30-28-26-24-22-20-18-19-21-23-25-27-29-31-34-37-40-44-48-52-56-60-66(71)68-64(63-69)65(70)59-55-51-47-43-12-10-8-6-4-2/h13-14,16-18,20,55,59,64-65,69-70H,3-12,15,19,21-54,56-58,60-63H2,1-2H3,(H,68,71)/b14-13-,17-16-,20-18-,59-55+. The van der Waals surface area contributed by atoms with Crippen LogP contribution in [0.25, 0.3) is 0 Å². The maximum absolute atomic E-state index is 12.4. The summed E-state index contributed by atoms with van der Waals surface area (Å²) < 4.78 is 5.50. The van der Waals surface area contributed by atoms with E-state index in [1.54, 1.807) is 6.08 Å². The minimum absolute atomic E-state index is 0.00850. The predicted molar refractivity (Wildman–Crippen MR) is 319 cm³/mol. The molecule has 0 fully saturated rings. The number of hydrogen-bond donors (Lipinski definition) is 3. The lowest BCUT2D eigenvalue weighted by atomic mass is 10.0. The highest BCUT2D eigenvalue weighted by molar-refractivity contribution is 5.76. The van der Waals surface area contributed by atoms with Gasteiger partial charge >= 0.3 is 5.97 Å². The molecule has 0 aliphatic carbocycles. The second-order valence-electron chi connectivity index (χ2n) is 22.1. The fourth-order valence-electron chi connectivity index (χ4n) is 9.84. The summed E-state index contributed by atoms with van der Waals surface area (Å²) in [6.45, 7) is 4.87. The average Bonchev–Trinajstić information content (AvgIpc) is 3.39. The molecular formula is C67H125NO5. The molecule has 0 aromatic heterocycles. The molecule has 0 bridgehead atoms. The first kappa shape index (κ1) is 70.8. The zero-order chi connectivity index (χ0) is 52.9. The lowest BCUT2D eigenvalue weighted by molar-refractivity contribution is -0.143. The van der Waals surface area contributed by atoms with E-state index in [0.29, 0.717) is 19.4 Å². The molecule has 0 saturated carbocycles. The lowest BCUT2D eigenvalue weighted by Crippen LogP contribution is -2.45. The predicted octanol–water partition coefficient (Wildman–Crippen LogP) is 20.5. The number of unbranched alkanes of at least 4 members (excludes halogenated alkanes) is 43. The molecule has 0 aromatic rings. The van der Waals surface area contributed by atoms with E-state index < -0.39 is 12.1 Å². The topological polar surface area (TPSA) is 95.9 Å². The highest BCUT2D eigenvalue weighted by Gasteiger charge is 2.18. The zero-order valence-corrected chi connectivity index (χ0v) is 48.9. The molecule has 0 radical (unpaired) electrons. The number of ether oxygens (including phenoxy) is 1. The minimum Gasteiger partial charge on any atom is -0.466 e. The summed E-state index contributed by atoms with van der Waals surface area (Å²) in [7, 11) is 0. The number of carbonyl (C=O) groups is 2. The second-order valence-corrected chi connectivity index (χ2v) is 22.1. The SMILES string of the molecule is CCCCCC/C=C\C/C=C\CCCCCCCCCC(=O)OCCCCCCCCCCCCCC/C=C\CCCCCCCCCCCCCCCC(=O)NC(CO)C(O)/C=C/CCCCCCCCC. The fraction of sp³-hybridized carbons (Fsp3) is 0.851. The number of esters is 1. The molecule has 6 heteroatoms. The van der Waals surface area contributed by atoms with Gasteiger partial charge < -0.3 is 20.3 Å². The smallest absolute Gasteiger partial charge is 0.305 e. The van der Waals surface area contributed by atoms with Gasteiger partial charge in [-0.05, 0) is 89.9 Å². The Labute approximate surface area is 455 Å². The van der Waals surface area contributed by atoms with Crippen molar-refractivity contribution in [2.45, 2.75) is 353 Å². The molecule has 0 rings (SSSR count). The Morgan fingerprint density at radius 2 is 0.685 bits per heavy atom. The number of aliphatic hydroxyl groups is 2. The monoisotopic (exact) mass is 1020 g/mol. The Bertz CT molecular complexity index is 1230. The molecule has 2 atom stereocenters. The first-order valence-corrected chi connectivity index (χ1v) is 32.4. The van der Waals surface area contributed by atoms with Gasteiger partial charge in [0.05, 0.1) is 25.4 Å². The van der Waals surface area contributed by atoms with E-state index in [1.807, 2.05) is 6.08 Å². The fourth-order valence-corrected chi connectivity index (χ4v) is 9.84. The molecule has 0 aliphatic rings. The molecule has 73 heavy (non-hydrogen) atoms. The van der Waals surface area contributed by atoms with Gasteiger partial charge in [0, 0.05) is 12.8 Å². The van der Waals surface area contributed by atoms with Gasteiger partial charge in [0.2, 0.25) is 5.91 Å². The van der Waals surface area contributed by atoms with Crippen molar-refractivity contribution in [2.75, 3.05) is 13.2 Å². The molecule has 0 spiro atoms. The number of hydrogen-bond acceptors (Lipinski definition) is 5. The normalized spacial score (nSPS) is 12.9. The van der Waals surface area contributed by atoms with E-state index in [2.05, 4.69) is 55.6 Å². The van der Waals surface area contributed by atoms with Gasteiger partial charge in [-0.1, -0.05) is 287 Å². The molecule has 0 heterocycles. The van der Waals surface area contributed by atoms with E-state index in [-0.39, 0.29) is 18.5 Å². The number of carbonyl (C=O) groups excluding carboxylic acids is 2. The van der Waals surface area contributed by atoms with E-state index in [1.165, 1.54) is 263 Å². The molecule has 428 valence electrons. The van der Waals surface area contributed by atoms with Gasteiger partial charge in [-0.2, -0.15) is 0 Å². The summed E-state index contributed by atoms with van der Waals surface area (Å²) in [6, 6.07) is -0.625. The van der Waals surface area contributed by atoms with Crippen molar-refractivity contribution in [1.82, 2.24) is 5.32 Å². The Kier molecular flexibility index (Phi) is 60.5. The van der Waals surface area contributed by atoms with Crippen molar-refractivity contribution in [2.24, 2.45) is 0 Å². The van der Waals surface area contributed by atoms with Crippen LogP contribution in [-0.4, -0.2) is 47.4 Å². The summed E-state index contributed by atoms with van der Waals surface area (Å²) in [5.74, 6) is -0.0611. The number of amides is 1. The zero-order valence-electron chi connectivity index (χ0n) is 48.9. The Balaban J connectivity index is 3.35. The van der Waals surface area contributed by atoms with Gasteiger partial charge in [-0.3, -0.25) is 9.59 Å². The summed E-state index contributed by atoms with van der Waals surface area (Å²) in [5.41, 5.74) is 0. The first-order valence-electron chi connectivity index (χ1n) is 32.4. The van der Waals surface area contributed by atoms with Crippen molar-refractivity contribution in [3.63, 3.8) is 0 Å². The van der Waals surface area contributed by atoms with Crippen LogP contribution in [0.5, 0.6) is 0 Å². The Morgan fingerprint density at radius 3 is 1.07 bits per heavy atom. The molecule has 0 saturated heterocycles. The second kappa shape index (κ2) is 62.4. The van der Waals surface area contributed by atoms with Crippen LogP contribution < -0.4 is 5.32 Å². The number of aliphatic hydroxyl groups excluding tert-OH is 2. The van der Waals surface area contributed by atoms with Crippen LogP contribution in [0.1, 0.15) is 341 Å². The third kappa shape index (κ3) is 58.9. The summed E-state index contributed by atoms with van der Waals surface area (Å²) in [5, 5.41) is 23.0.